The average Bonchev–Trinajstić information content (AvgIpc) is 2.55. The standard InChI is InChI=1S/C18H19NO3/c1-13(2)17(20)19-12-22-18(21)16-10-8-15(9-11-16)14-6-4-3-5-7-14/h3-11,13H,12H2,1-2H3,(H,19,20). The van der Waals surface area contributed by atoms with Crippen molar-refractivity contribution in [3.8, 4) is 11.1 Å². The number of amides is 1. The molecule has 0 heterocycles. The van der Waals surface area contributed by atoms with E-state index in [-0.39, 0.29) is 18.6 Å². The van der Waals surface area contributed by atoms with Crippen molar-refractivity contribution in [3.05, 3.63) is 60.2 Å². The topological polar surface area (TPSA) is 55.4 Å². The molecule has 4 nitrogen and oxygen atoms in total. The lowest BCUT2D eigenvalue weighted by atomic mass is 10.0. The van der Waals surface area contributed by atoms with Crippen LogP contribution in [0.25, 0.3) is 11.1 Å². The molecular weight excluding hydrogens is 278 g/mol. The van der Waals surface area contributed by atoms with E-state index in [1.807, 2.05) is 42.5 Å². The summed E-state index contributed by atoms with van der Waals surface area (Å²) < 4.78 is 5.02. The van der Waals surface area contributed by atoms with Crippen LogP contribution < -0.4 is 5.32 Å². The van der Waals surface area contributed by atoms with Gasteiger partial charge in [-0.2, -0.15) is 0 Å². The molecular formula is C18H19NO3. The van der Waals surface area contributed by atoms with Gasteiger partial charge in [-0.25, -0.2) is 4.79 Å². The van der Waals surface area contributed by atoms with Gasteiger partial charge in [0, 0.05) is 5.92 Å². The molecule has 0 atom stereocenters. The van der Waals surface area contributed by atoms with Crippen LogP contribution in [-0.4, -0.2) is 18.6 Å². The predicted octanol–water partition coefficient (Wildman–Crippen LogP) is 3.24. The molecule has 0 saturated carbocycles. The van der Waals surface area contributed by atoms with Crippen molar-refractivity contribution < 1.29 is 14.3 Å². The molecule has 0 radical (unpaired) electrons. The van der Waals surface area contributed by atoms with Crippen LogP contribution in [0.4, 0.5) is 0 Å². The third kappa shape index (κ3) is 4.19. The van der Waals surface area contributed by atoms with E-state index in [0.717, 1.165) is 11.1 Å². The van der Waals surface area contributed by atoms with Gasteiger partial charge in [0.25, 0.3) is 0 Å². The first-order valence-corrected chi connectivity index (χ1v) is 7.18. The molecule has 4 heteroatoms. The lowest BCUT2D eigenvalue weighted by Gasteiger charge is -2.09. The maximum absolute atomic E-state index is 11.9. The fraction of sp³-hybridized carbons (Fsp3) is 0.222. The Labute approximate surface area is 130 Å². The summed E-state index contributed by atoms with van der Waals surface area (Å²) in [6, 6.07) is 17.1. The number of carbonyl (C=O) groups excluding carboxylic acids is 2. The summed E-state index contributed by atoms with van der Waals surface area (Å²) in [7, 11) is 0. The number of rotatable bonds is 5. The van der Waals surface area contributed by atoms with Crippen molar-refractivity contribution in [1.29, 1.82) is 0 Å². The zero-order valence-electron chi connectivity index (χ0n) is 12.7. The minimum absolute atomic E-state index is 0.115. The summed E-state index contributed by atoms with van der Waals surface area (Å²) in [6.45, 7) is 3.44. The summed E-state index contributed by atoms with van der Waals surface area (Å²) in [5.74, 6) is -0.736. The van der Waals surface area contributed by atoms with E-state index < -0.39 is 5.97 Å². The molecule has 0 aliphatic heterocycles. The Kier molecular flexibility index (Phi) is 5.31. The summed E-state index contributed by atoms with van der Waals surface area (Å²) >= 11 is 0. The van der Waals surface area contributed by atoms with Crippen LogP contribution in [0.2, 0.25) is 0 Å². The number of hydrogen-bond donors (Lipinski definition) is 1. The molecule has 0 unspecified atom stereocenters. The summed E-state index contributed by atoms with van der Waals surface area (Å²) in [6.07, 6.45) is 0. The van der Waals surface area contributed by atoms with Crippen LogP contribution in [0, 0.1) is 5.92 Å². The second kappa shape index (κ2) is 7.41. The molecule has 2 rings (SSSR count). The van der Waals surface area contributed by atoms with Gasteiger partial charge in [0.05, 0.1) is 5.56 Å². The molecule has 0 aromatic heterocycles. The Morgan fingerprint density at radius 2 is 1.55 bits per heavy atom. The summed E-state index contributed by atoms with van der Waals surface area (Å²) in [4.78, 5) is 23.2. The van der Waals surface area contributed by atoms with Gasteiger partial charge in [-0.05, 0) is 23.3 Å². The highest BCUT2D eigenvalue weighted by atomic mass is 16.5. The number of carbonyl (C=O) groups is 2. The third-order valence-corrected chi connectivity index (χ3v) is 3.20. The largest absolute Gasteiger partial charge is 0.441 e. The minimum Gasteiger partial charge on any atom is -0.441 e. The van der Waals surface area contributed by atoms with Crippen LogP contribution in [0.1, 0.15) is 24.2 Å². The van der Waals surface area contributed by atoms with Gasteiger partial charge >= 0.3 is 5.97 Å². The highest BCUT2D eigenvalue weighted by Crippen LogP contribution is 2.19. The van der Waals surface area contributed by atoms with E-state index in [1.165, 1.54) is 0 Å². The quantitative estimate of drug-likeness (QED) is 0.681. The number of hydrogen-bond acceptors (Lipinski definition) is 3. The first-order chi connectivity index (χ1) is 10.6. The molecule has 0 saturated heterocycles. The smallest absolute Gasteiger partial charge is 0.339 e. The lowest BCUT2D eigenvalue weighted by Crippen LogP contribution is -2.31. The average molecular weight is 297 g/mol. The highest BCUT2D eigenvalue weighted by molar-refractivity contribution is 5.90. The van der Waals surface area contributed by atoms with Crippen molar-refractivity contribution >= 4 is 11.9 Å². The maximum Gasteiger partial charge on any atom is 0.339 e. The fourth-order valence-electron chi connectivity index (χ4n) is 1.89. The molecule has 1 amide bonds. The zero-order valence-corrected chi connectivity index (χ0v) is 12.7. The van der Waals surface area contributed by atoms with Crippen molar-refractivity contribution in [2.75, 3.05) is 6.73 Å². The second-order valence-electron chi connectivity index (χ2n) is 5.22. The number of ether oxygens (including phenoxy) is 1. The highest BCUT2D eigenvalue weighted by Gasteiger charge is 2.09. The predicted molar refractivity (Wildman–Crippen MR) is 85.1 cm³/mol. The Morgan fingerprint density at radius 1 is 0.955 bits per heavy atom. The number of benzene rings is 2. The van der Waals surface area contributed by atoms with E-state index in [9.17, 15) is 9.59 Å². The molecule has 0 bridgehead atoms. The fourth-order valence-corrected chi connectivity index (χ4v) is 1.89. The maximum atomic E-state index is 11.9. The van der Waals surface area contributed by atoms with Crippen LogP contribution in [-0.2, 0) is 9.53 Å². The number of nitrogens with one attached hydrogen (secondary N) is 1. The van der Waals surface area contributed by atoms with Gasteiger partial charge in [-0.3, -0.25) is 4.79 Å². The van der Waals surface area contributed by atoms with Gasteiger partial charge in [-0.15, -0.1) is 0 Å². The van der Waals surface area contributed by atoms with Crippen LogP contribution in [0.5, 0.6) is 0 Å². The molecule has 0 fully saturated rings. The first kappa shape index (κ1) is 15.8. The molecule has 114 valence electrons. The molecule has 2 aromatic carbocycles. The van der Waals surface area contributed by atoms with E-state index >= 15 is 0 Å². The Bertz CT molecular complexity index is 633. The number of esters is 1. The van der Waals surface area contributed by atoms with Crippen LogP contribution >= 0.6 is 0 Å². The van der Waals surface area contributed by atoms with Crippen molar-refractivity contribution in [3.63, 3.8) is 0 Å². The van der Waals surface area contributed by atoms with Crippen LogP contribution in [0.3, 0.4) is 0 Å². The normalized spacial score (nSPS) is 10.3. The van der Waals surface area contributed by atoms with Gasteiger partial charge in [0.1, 0.15) is 0 Å². The van der Waals surface area contributed by atoms with Crippen LogP contribution in [0.15, 0.2) is 54.6 Å². The minimum atomic E-state index is -0.455. The van der Waals surface area contributed by atoms with Gasteiger partial charge in [0.2, 0.25) is 5.91 Å². The van der Waals surface area contributed by atoms with E-state index in [1.54, 1.807) is 26.0 Å². The molecule has 0 aliphatic carbocycles. The molecule has 0 aliphatic rings. The van der Waals surface area contributed by atoms with E-state index in [4.69, 9.17) is 4.74 Å². The molecule has 2 aromatic rings. The van der Waals surface area contributed by atoms with Crippen molar-refractivity contribution in [1.82, 2.24) is 5.32 Å². The Morgan fingerprint density at radius 3 is 2.14 bits per heavy atom. The van der Waals surface area contributed by atoms with Gasteiger partial charge < -0.3 is 10.1 Å². The third-order valence-electron chi connectivity index (χ3n) is 3.20. The van der Waals surface area contributed by atoms with Gasteiger partial charge in [-0.1, -0.05) is 56.3 Å². The van der Waals surface area contributed by atoms with E-state index in [2.05, 4.69) is 5.32 Å². The second-order valence-corrected chi connectivity index (χ2v) is 5.22. The lowest BCUT2D eigenvalue weighted by molar-refractivity contribution is -0.125. The molecule has 0 spiro atoms. The van der Waals surface area contributed by atoms with Crippen molar-refractivity contribution in [2.45, 2.75) is 13.8 Å². The monoisotopic (exact) mass is 297 g/mol. The van der Waals surface area contributed by atoms with Crippen molar-refractivity contribution in [2.24, 2.45) is 5.92 Å². The Hall–Kier alpha value is -2.62. The molecule has 22 heavy (non-hydrogen) atoms. The summed E-state index contributed by atoms with van der Waals surface area (Å²) in [5, 5.41) is 2.54. The van der Waals surface area contributed by atoms with E-state index in [0.29, 0.717) is 5.56 Å². The SMILES string of the molecule is CC(C)C(=O)NCOC(=O)c1ccc(-c2ccccc2)cc1. The zero-order chi connectivity index (χ0) is 15.9. The molecule has 1 N–H and O–H groups in total. The van der Waals surface area contributed by atoms with Gasteiger partial charge in [0.15, 0.2) is 6.73 Å². The summed E-state index contributed by atoms with van der Waals surface area (Å²) in [5.41, 5.74) is 2.58. The first-order valence-electron chi connectivity index (χ1n) is 7.18. The Balaban J connectivity index is 1.93.